The van der Waals surface area contributed by atoms with Gasteiger partial charge >= 0.3 is 0 Å². The van der Waals surface area contributed by atoms with Crippen molar-refractivity contribution >= 4 is 43.5 Å². The molecule has 0 aromatic heterocycles. The molecule has 0 aliphatic rings. The number of anilines is 1. The molecule has 3 nitrogen and oxygen atoms in total. The minimum atomic E-state index is -0.141. The molecule has 0 aliphatic heterocycles. The van der Waals surface area contributed by atoms with E-state index in [0.717, 1.165) is 14.5 Å². The molecule has 2 N–H and O–H groups in total. The van der Waals surface area contributed by atoms with Crippen molar-refractivity contribution < 1.29 is 9.90 Å². The second kappa shape index (κ2) is 6.21. The molecule has 0 saturated heterocycles. The summed E-state index contributed by atoms with van der Waals surface area (Å²) in [5.41, 5.74) is 1.47. The zero-order valence-corrected chi connectivity index (χ0v) is 13.0. The maximum Gasteiger partial charge on any atom is 0.228 e. The Morgan fingerprint density at radius 3 is 2.37 bits per heavy atom. The van der Waals surface area contributed by atoms with Crippen molar-refractivity contribution in [2.75, 3.05) is 5.32 Å². The lowest BCUT2D eigenvalue weighted by Crippen LogP contribution is -2.15. The van der Waals surface area contributed by atoms with E-state index in [1.807, 2.05) is 18.2 Å². The topological polar surface area (TPSA) is 49.3 Å². The van der Waals surface area contributed by atoms with Crippen molar-refractivity contribution in [1.82, 2.24) is 0 Å². The van der Waals surface area contributed by atoms with Gasteiger partial charge in [0, 0.05) is 8.95 Å². The van der Waals surface area contributed by atoms with Gasteiger partial charge in [-0.05, 0) is 61.7 Å². The zero-order chi connectivity index (χ0) is 13.8. The summed E-state index contributed by atoms with van der Waals surface area (Å²) in [6.45, 7) is 0. The number of halogens is 2. The first-order valence-electron chi connectivity index (χ1n) is 5.58. The number of rotatable bonds is 3. The monoisotopic (exact) mass is 383 g/mol. The highest BCUT2D eigenvalue weighted by atomic mass is 79.9. The van der Waals surface area contributed by atoms with Gasteiger partial charge in [-0.2, -0.15) is 0 Å². The maximum absolute atomic E-state index is 12.0. The molecular weight excluding hydrogens is 374 g/mol. The third-order valence-corrected chi connectivity index (χ3v) is 3.82. The number of phenolic OH excluding ortho intramolecular Hbond substituents is 1. The molecule has 0 aliphatic carbocycles. The predicted octanol–water partition coefficient (Wildman–Crippen LogP) is 4.10. The predicted molar refractivity (Wildman–Crippen MR) is 82.3 cm³/mol. The number of carbonyl (C=O) groups excluding carboxylic acids is 1. The van der Waals surface area contributed by atoms with Crippen molar-refractivity contribution in [3.63, 3.8) is 0 Å². The number of hydrogen-bond donors (Lipinski definition) is 2. The van der Waals surface area contributed by atoms with E-state index in [1.165, 1.54) is 0 Å². The fraction of sp³-hybridized carbons (Fsp3) is 0.0714. The van der Waals surface area contributed by atoms with Gasteiger partial charge in [0.05, 0.1) is 12.1 Å². The van der Waals surface area contributed by atoms with Crippen LogP contribution in [0.1, 0.15) is 5.56 Å². The van der Waals surface area contributed by atoms with Crippen LogP contribution >= 0.6 is 31.9 Å². The van der Waals surface area contributed by atoms with Crippen molar-refractivity contribution in [1.29, 1.82) is 0 Å². The van der Waals surface area contributed by atoms with E-state index >= 15 is 0 Å². The van der Waals surface area contributed by atoms with Gasteiger partial charge in [-0.3, -0.25) is 4.79 Å². The molecule has 0 spiro atoms. The second-order valence-corrected chi connectivity index (χ2v) is 5.70. The van der Waals surface area contributed by atoms with E-state index in [4.69, 9.17) is 0 Å². The molecule has 98 valence electrons. The quantitative estimate of drug-likeness (QED) is 0.836. The summed E-state index contributed by atoms with van der Waals surface area (Å²) in [6, 6.07) is 12.3. The molecule has 0 fully saturated rings. The number of phenols is 1. The number of carbonyl (C=O) groups is 1. The van der Waals surface area contributed by atoms with E-state index in [9.17, 15) is 9.90 Å². The fourth-order valence-electron chi connectivity index (χ4n) is 1.65. The number of hydrogen-bond acceptors (Lipinski definition) is 2. The van der Waals surface area contributed by atoms with Crippen LogP contribution in [-0.4, -0.2) is 11.0 Å². The third-order valence-electron chi connectivity index (χ3n) is 2.50. The lowest BCUT2D eigenvalue weighted by atomic mass is 10.1. The Kier molecular flexibility index (Phi) is 4.61. The SMILES string of the molecule is O=C(Cc1cccc(O)c1)Nc1c(Br)cccc1Br. The van der Waals surface area contributed by atoms with Crippen LogP contribution in [0.3, 0.4) is 0 Å². The molecule has 0 atom stereocenters. The smallest absolute Gasteiger partial charge is 0.228 e. The molecule has 0 bridgehead atoms. The fourth-order valence-corrected chi connectivity index (χ4v) is 2.85. The van der Waals surface area contributed by atoms with Crippen LogP contribution in [0, 0.1) is 0 Å². The van der Waals surface area contributed by atoms with Gasteiger partial charge in [0.25, 0.3) is 0 Å². The normalized spacial score (nSPS) is 10.2. The molecule has 0 radical (unpaired) electrons. The van der Waals surface area contributed by atoms with Gasteiger partial charge in [-0.15, -0.1) is 0 Å². The molecule has 2 aromatic carbocycles. The van der Waals surface area contributed by atoms with E-state index < -0.39 is 0 Å². The first kappa shape index (κ1) is 14.1. The summed E-state index contributed by atoms with van der Waals surface area (Å²) >= 11 is 6.78. The van der Waals surface area contributed by atoms with Gasteiger partial charge in [0.15, 0.2) is 0 Å². The summed E-state index contributed by atoms with van der Waals surface area (Å²) in [7, 11) is 0. The van der Waals surface area contributed by atoms with E-state index in [0.29, 0.717) is 5.69 Å². The summed E-state index contributed by atoms with van der Waals surface area (Å²) in [4.78, 5) is 12.0. The minimum absolute atomic E-state index is 0.141. The number of nitrogens with one attached hydrogen (secondary N) is 1. The third kappa shape index (κ3) is 3.81. The van der Waals surface area contributed by atoms with Gasteiger partial charge in [0.2, 0.25) is 5.91 Å². The molecule has 2 rings (SSSR count). The van der Waals surface area contributed by atoms with Gasteiger partial charge in [-0.25, -0.2) is 0 Å². The lowest BCUT2D eigenvalue weighted by Gasteiger charge is -2.09. The number of aromatic hydroxyl groups is 1. The first-order valence-corrected chi connectivity index (χ1v) is 7.16. The standard InChI is InChI=1S/C14H11Br2NO2/c15-11-5-2-6-12(16)14(11)17-13(19)8-9-3-1-4-10(18)7-9/h1-7,18H,8H2,(H,17,19). The Hall–Kier alpha value is -1.33. The van der Waals surface area contributed by atoms with Gasteiger partial charge in [0.1, 0.15) is 5.75 Å². The molecular formula is C14H11Br2NO2. The number of benzene rings is 2. The van der Waals surface area contributed by atoms with E-state index in [-0.39, 0.29) is 18.1 Å². The minimum Gasteiger partial charge on any atom is -0.508 e. The summed E-state index contributed by atoms with van der Waals surface area (Å²) in [5.74, 6) is 0.0190. The van der Waals surface area contributed by atoms with Crippen molar-refractivity contribution in [3.05, 3.63) is 57.0 Å². The van der Waals surface area contributed by atoms with Crippen molar-refractivity contribution in [2.45, 2.75) is 6.42 Å². The molecule has 5 heteroatoms. The average Bonchev–Trinajstić information content (AvgIpc) is 2.34. The molecule has 0 unspecified atom stereocenters. The summed E-state index contributed by atoms with van der Waals surface area (Å²) < 4.78 is 1.62. The average molecular weight is 385 g/mol. The highest BCUT2D eigenvalue weighted by Gasteiger charge is 2.09. The van der Waals surface area contributed by atoms with Crippen molar-refractivity contribution in [2.24, 2.45) is 0 Å². The van der Waals surface area contributed by atoms with Crippen LogP contribution < -0.4 is 5.32 Å². The van der Waals surface area contributed by atoms with Gasteiger partial charge in [-0.1, -0.05) is 18.2 Å². The van der Waals surface area contributed by atoms with Crippen LogP contribution in [0.25, 0.3) is 0 Å². The van der Waals surface area contributed by atoms with Crippen LogP contribution in [-0.2, 0) is 11.2 Å². The Morgan fingerprint density at radius 2 is 1.74 bits per heavy atom. The van der Waals surface area contributed by atoms with E-state index in [2.05, 4.69) is 37.2 Å². The largest absolute Gasteiger partial charge is 0.508 e. The maximum atomic E-state index is 12.0. The molecule has 2 aromatic rings. The number of para-hydroxylation sites is 1. The molecule has 1 amide bonds. The van der Waals surface area contributed by atoms with Crippen molar-refractivity contribution in [3.8, 4) is 5.75 Å². The zero-order valence-electron chi connectivity index (χ0n) is 9.86. The van der Waals surface area contributed by atoms with Crippen LogP contribution in [0.4, 0.5) is 5.69 Å². The number of amides is 1. The molecule has 0 saturated carbocycles. The highest BCUT2D eigenvalue weighted by Crippen LogP contribution is 2.30. The van der Waals surface area contributed by atoms with Gasteiger partial charge < -0.3 is 10.4 Å². The Balaban J connectivity index is 2.10. The van der Waals surface area contributed by atoms with Crippen LogP contribution in [0.2, 0.25) is 0 Å². The summed E-state index contributed by atoms with van der Waals surface area (Å²) in [6.07, 6.45) is 0.210. The van der Waals surface area contributed by atoms with Crippen LogP contribution in [0.15, 0.2) is 51.4 Å². The molecule has 19 heavy (non-hydrogen) atoms. The lowest BCUT2D eigenvalue weighted by molar-refractivity contribution is -0.115. The van der Waals surface area contributed by atoms with E-state index in [1.54, 1.807) is 24.3 Å². The Labute approximate surface area is 127 Å². The van der Waals surface area contributed by atoms with Crippen LogP contribution in [0.5, 0.6) is 5.75 Å². The Bertz CT molecular complexity index is 594. The first-order chi connectivity index (χ1) is 9.06. The highest BCUT2D eigenvalue weighted by molar-refractivity contribution is 9.11. The molecule has 0 heterocycles. The summed E-state index contributed by atoms with van der Waals surface area (Å²) in [5, 5.41) is 12.2. The second-order valence-electron chi connectivity index (χ2n) is 3.99. The Morgan fingerprint density at radius 1 is 1.11 bits per heavy atom.